The molecule has 0 unspecified atom stereocenters. The van der Waals surface area contributed by atoms with Gasteiger partial charge in [0.05, 0.1) is 31.9 Å². The number of benzene rings is 3. The minimum absolute atomic E-state index is 0. The second kappa shape index (κ2) is 17.3. The van der Waals surface area contributed by atoms with E-state index in [2.05, 4.69) is 42.8 Å². The molecule has 1 aliphatic rings. The highest BCUT2D eigenvalue weighted by atomic mass is 127. The van der Waals surface area contributed by atoms with Gasteiger partial charge in [0.1, 0.15) is 0 Å². The Morgan fingerprint density at radius 1 is 0.941 bits per heavy atom. The van der Waals surface area contributed by atoms with E-state index in [-0.39, 0.29) is 35.9 Å². The third-order valence-electron chi connectivity index (χ3n) is 9.03. The minimum atomic E-state index is -0.399. The average molecular weight is 799 g/mol. The van der Waals surface area contributed by atoms with Gasteiger partial charge in [0, 0.05) is 60.7 Å². The molecule has 264 valence electrons. The van der Waals surface area contributed by atoms with Crippen LogP contribution in [0, 0.1) is 6.92 Å². The van der Waals surface area contributed by atoms with Gasteiger partial charge in [-0.15, -0.1) is 0 Å². The Bertz CT molecular complexity index is 1900. The lowest BCUT2D eigenvalue weighted by molar-refractivity contribution is -0.929. The van der Waals surface area contributed by atoms with Crippen LogP contribution in [0.1, 0.15) is 40.0 Å². The number of nitrogens with one attached hydrogen (secondary N) is 3. The van der Waals surface area contributed by atoms with E-state index in [1.807, 2.05) is 105 Å². The number of pyridine rings is 1. The van der Waals surface area contributed by atoms with Gasteiger partial charge in [-0.05, 0) is 73.0 Å². The molecule has 2 aromatic heterocycles. The van der Waals surface area contributed by atoms with Crippen molar-refractivity contribution < 1.29 is 42.8 Å². The van der Waals surface area contributed by atoms with Crippen molar-refractivity contribution in [1.82, 2.24) is 25.2 Å². The van der Waals surface area contributed by atoms with E-state index in [4.69, 9.17) is 4.74 Å². The maximum Gasteiger partial charge on any atom is 0.411 e. The van der Waals surface area contributed by atoms with Crippen molar-refractivity contribution in [3.8, 4) is 11.3 Å². The van der Waals surface area contributed by atoms with Gasteiger partial charge < -0.3 is 44.7 Å². The minimum Gasteiger partial charge on any atom is -1.00 e. The number of halogens is 1. The number of rotatable bonds is 11. The summed E-state index contributed by atoms with van der Waals surface area (Å²) in [6.07, 6.45) is 4.79. The van der Waals surface area contributed by atoms with Gasteiger partial charge in [0.15, 0.2) is 0 Å². The van der Waals surface area contributed by atoms with Crippen LogP contribution >= 0.6 is 0 Å². The van der Waals surface area contributed by atoms with Gasteiger partial charge in [-0.25, -0.2) is 14.8 Å². The summed E-state index contributed by atoms with van der Waals surface area (Å²) in [5.41, 5.74) is 6.87. The fraction of sp³-hybridized carbons (Fsp3) is 0.256. The normalized spacial score (nSPS) is 14.4. The molecule has 0 spiro atoms. The number of hydrogen-bond donors (Lipinski definition) is 3. The quantitative estimate of drug-likeness (QED) is 0.137. The van der Waals surface area contributed by atoms with E-state index in [0.717, 1.165) is 66.4 Å². The molecule has 1 saturated heterocycles. The summed E-state index contributed by atoms with van der Waals surface area (Å²) >= 11 is 0. The van der Waals surface area contributed by atoms with Crippen molar-refractivity contribution in [1.29, 1.82) is 0 Å². The van der Waals surface area contributed by atoms with Gasteiger partial charge in [-0.1, -0.05) is 48.5 Å². The average Bonchev–Trinajstić information content (AvgIpc) is 3.14. The summed E-state index contributed by atoms with van der Waals surface area (Å²) in [7, 11) is 2.13. The fourth-order valence-electron chi connectivity index (χ4n) is 5.81. The van der Waals surface area contributed by atoms with Crippen LogP contribution in [0.25, 0.3) is 11.3 Å². The Morgan fingerprint density at radius 3 is 2.43 bits per heavy atom. The van der Waals surface area contributed by atoms with Crippen LogP contribution < -0.4 is 39.9 Å². The molecule has 11 nitrogen and oxygen atoms in total. The Hall–Kier alpha value is -4.92. The number of amides is 2. The molecule has 0 aliphatic carbocycles. The number of anilines is 3. The van der Waals surface area contributed by atoms with Crippen molar-refractivity contribution in [3.05, 3.63) is 132 Å². The van der Waals surface area contributed by atoms with Gasteiger partial charge in [-0.3, -0.25) is 19.2 Å². The third-order valence-corrected chi connectivity index (χ3v) is 9.03. The molecule has 51 heavy (non-hydrogen) atoms. The second-order valence-electron chi connectivity index (χ2n) is 13.0. The molecule has 3 heterocycles. The zero-order chi connectivity index (χ0) is 34.9. The largest absolute Gasteiger partial charge is 1.00 e. The van der Waals surface area contributed by atoms with Crippen LogP contribution in [-0.2, 0) is 11.3 Å². The molecule has 0 bridgehead atoms. The lowest BCUT2D eigenvalue weighted by Gasteiger charge is -2.41. The SMILES string of the molecule is Cc1ccc(NC(=O)c2ccc(CN3CC[N+](C)(COC(=O)N[C@H](C)c4ccccc4)CC3)cc2)cc1Nc1nccc(-c2cccnc2)n1.[I-]. The first kappa shape index (κ1) is 37.3. The van der Waals surface area contributed by atoms with Gasteiger partial charge in [0.25, 0.3) is 5.91 Å². The summed E-state index contributed by atoms with van der Waals surface area (Å²) in [5.74, 6) is 0.269. The molecule has 3 aromatic carbocycles. The fourth-order valence-corrected chi connectivity index (χ4v) is 5.81. The second-order valence-corrected chi connectivity index (χ2v) is 13.0. The van der Waals surface area contributed by atoms with Crippen LogP contribution in [0.4, 0.5) is 22.1 Å². The molecular formula is C39H43IN8O3. The highest BCUT2D eigenvalue weighted by Crippen LogP contribution is 2.25. The topological polar surface area (TPSA) is 121 Å². The van der Waals surface area contributed by atoms with E-state index in [9.17, 15) is 9.59 Å². The van der Waals surface area contributed by atoms with Crippen LogP contribution in [0.5, 0.6) is 0 Å². The van der Waals surface area contributed by atoms with Crippen LogP contribution in [0.15, 0.2) is 110 Å². The van der Waals surface area contributed by atoms with Crippen LogP contribution in [0.2, 0.25) is 0 Å². The Balaban J connectivity index is 0.00000504. The van der Waals surface area contributed by atoms with Crippen molar-refractivity contribution in [2.45, 2.75) is 26.4 Å². The summed E-state index contributed by atoms with van der Waals surface area (Å²) in [4.78, 5) is 41.2. The Kier molecular flexibility index (Phi) is 12.7. The van der Waals surface area contributed by atoms with Crippen molar-refractivity contribution in [2.75, 3.05) is 50.6 Å². The first-order chi connectivity index (χ1) is 24.2. The smallest absolute Gasteiger partial charge is 0.411 e. The number of carbonyl (C=O) groups is 2. The Morgan fingerprint density at radius 2 is 1.71 bits per heavy atom. The van der Waals surface area contributed by atoms with E-state index >= 15 is 0 Å². The number of alkyl carbamates (subject to hydrolysis) is 1. The first-order valence-corrected chi connectivity index (χ1v) is 16.8. The van der Waals surface area contributed by atoms with E-state index in [1.165, 1.54) is 0 Å². The summed E-state index contributed by atoms with van der Waals surface area (Å²) in [6.45, 7) is 8.56. The van der Waals surface area contributed by atoms with E-state index in [0.29, 0.717) is 28.4 Å². The predicted molar refractivity (Wildman–Crippen MR) is 195 cm³/mol. The first-order valence-electron chi connectivity index (χ1n) is 16.8. The third kappa shape index (κ3) is 10.3. The summed E-state index contributed by atoms with van der Waals surface area (Å²) < 4.78 is 6.29. The molecule has 2 amide bonds. The number of hydrogen-bond acceptors (Lipinski definition) is 8. The number of likely N-dealkylation sites (N-methyl/N-ethyl adjacent to an activating group) is 1. The highest BCUT2D eigenvalue weighted by molar-refractivity contribution is 6.04. The predicted octanol–water partition coefficient (Wildman–Crippen LogP) is 3.55. The number of carbonyl (C=O) groups excluding carboxylic acids is 2. The lowest BCUT2D eigenvalue weighted by Crippen LogP contribution is -3.00. The zero-order valence-electron chi connectivity index (χ0n) is 29.1. The van der Waals surface area contributed by atoms with Gasteiger partial charge in [0.2, 0.25) is 12.7 Å². The van der Waals surface area contributed by atoms with Gasteiger partial charge >= 0.3 is 6.09 Å². The van der Waals surface area contributed by atoms with Crippen LogP contribution in [0.3, 0.4) is 0 Å². The molecule has 0 saturated carbocycles. The van der Waals surface area contributed by atoms with Gasteiger partial charge in [-0.2, -0.15) is 0 Å². The van der Waals surface area contributed by atoms with Crippen molar-refractivity contribution >= 4 is 29.3 Å². The summed E-state index contributed by atoms with van der Waals surface area (Å²) in [5, 5.41) is 9.22. The standard InChI is InChI=1S/C39H42N8O3.HI/c1-28-11-16-34(24-36(28)45-38-41-19-17-35(44-38)33-10-7-18-40-25-33)43-37(48)32-14-12-30(13-15-32)26-46-20-22-47(3,23-21-46)27-50-39(49)42-29(2)31-8-5-4-6-9-31;/h4-19,24-25,29H,20-23,26-27H2,1-3H3,(H2-,41,42,43,44,45,48,49);1H/t29-;/m1./s1. The molecule has 6 rings (SSSR count). The number of aryl methyl sites for hydroxylation is 1. The molecular weight excluding hydrogens is 755 g/mol. The number of quaternary nitrogens is 1. The molecule has 1 fully saturated rings. The molecule has 0 radical (unpaired) electrons. The number of aromatic nitrogens is 3. The van der Waals surface area contributed by atoms with Crippen molar-refractivity contribution in [2.24, 2.45) is 0 Å². The lowest BCUT2D eigenvalue weighted by atomic mass is 10.1. The zero-order valence-corrected chi connectivity index (χ0v) is 31.2. The molecule has 12 heteroatoms. The molecule has 1 aliphatic heterocycles. The molecule has 1 atom stereocenters. The Labute approximate surface area is 316 Å². The number of piperazine rings is 1. The van der Waals surface area contributed by atoms with E-state index < -0.39 is 6.09 Å². The number of ether oxygens (including phenoxy) is 1. The molecule has 5 aromatic rings. The maximum absolute atomic E-state index is 13.2. The monoisotopic (exact) mass is 798 g/mol. The number of nitrogens with zero attached hydrogens (tertiary/aromatic N) is 5. The van der Waals surface area contributed by atoms with Crippen molar-refractivity contribution in [3.63, 3.8) is 0 Å². The van der Waals surface area contributed by atoms with Crippen LogP contribution in [-0.4, -0.2) is 76.3 Å². The summed E-state index contributed by atoms with van der Waals surface area (Å²) in [6, 6.07) is 28.8. The highest BCUT2D eigenvalue weighted by Gasteiger charge is 2.30. The van der Waals surface area contributed by atoms with E-state index in [1.54, 1.807) is 18.6 Å². The maximum atomic E-state index is 13.2. The molecule has 3 N–H and O–H groups in total.